The van der Waals surface area contributed by atoms with E-state index in [9.17, 15) is 4.79 Å². The second kappa shape index (κ2) is 4.17. The zero-order valence-corrected chi connectivity index (χ0v) is 12.9. The molecule has 102 valence electrons. The highest BCUT2D eigenvalue weighted by atomic mass is 32.2. The number of thioether (sulfide) groups is 2. The van der Waals surface area contributed by atoms with Crippen LogP contribution in [0.25, 0.3) is 0 Å². The van der Waals surface area contributed by atoms with Crippen LogP contribution in [0.4, 0.5) is 0 Å². The Labute approximate surface area is 122 Å². The van der Waals surface area contributed by atoms with Crippen molar-refractivity contribution in [2.45, 2.75) is 34.9 Å². The number of rotatable bonds is 2. The minimum atomic E-state index is -0.434. The molecule has 2 heterocycles. The van der Waals surface area contributed by atoms with E-state index in [1.807, 2.05) is 34.9 Å². The van der Waals surface area contributed by atoms with Gasteiger partial charge in [0, 0.05) is 0 Å². The summed E-state index contributed by atoms with van der Waals surface area (Å²) in [6.45, 7) is 4.27. The van der Waals surface area contributed by atoms with E-state index in [0.717, 1.165) is 5.56 Å². The highest BCUT2D eigenvalue weighted by molar-refractivity contribution is 8.17. The second-order valence-corrected chi connectivity index (χ2v) is 8.12. The lowest BCUT2D eigenvalue weighted by molar-refractivity contribution is -0.160. The number of benzene rings is 1. The molecule has 1 amide bonds. The maximum absolute atomic E-state index is 12.3. The minimum absolute atomic E-state index is 0.0675. The van der Waals surface area contributed by atoms with Crippen LogP contribution < -0.4 is 5.73 Å². The van der Waals surface area contributed by atoms with E-state index in [4.69, 9.17) is 5.73 Å². The van der Waals surface area contributed by atoms with Gasteiger partial charge in [0.1, 0.15) is 10.9 Å². The van der Waals surface area contributed by atoms with Gasteiger partial charge < -0.3 is 10.6 Å². The summed E-state index contributed by atoms with van der Waals surface area (Å²) in [6, 6.07) is 9.73. The molecule has 5 heteroatoms. The molecule has 3 rings (SSSR count). The molecule has 0 saturated carbocycles. The van der Waals surface area contributed by atoms with Crippen molar-refractivity contribution in [2.24, 2.45) is 5.73 Å². The van der Waals surface area contributed by atoms with Gasteiger partial charge in [-0.3, -0.25) is 4.79 Å². The van der Waals surface area contributed by atoms with Gasteiger partial charge in [0.15, 0.2) is 0 Å². The molecule has 0 bridgehead atoms. The Morgan fingerprint density at radius 2 is 1.95 bits per heavy atom. The van der Waals surface area contributed by atoms with E-state index in [1.54, 1.807) is 11.8 Å². The molecule has 2 aliphatic heterocycles. The molecule has 1 aromatic rings. The Kier molecular flexibility index (Phi) is 2.93. The number of nitrogens with zero attached hydrogens (tertiary/aromatic N) is 1. The van der Waals surface area contributed by atoms with Gasteiger partial charge in [-0.15, -0.1) is 23.5 Å². The maximum atomic E-state index is 12.3. The number of amides is 1. The molecule has 2 N–H and O–H groups in total. The summed E-state index contributed by atoms with van der Waals surface area (Å²) in [5.74, 6) is 0.0675. The minimum Gasteiger partial charge on any atom is -0.317 e. The molecule has 2 aliphatic rings. The fourth-order valence-corrected chi connectivity index (χ4v) is 6.36. The van der Waals surface area contributed by atoms with Crippen molar-refractivity contribution in [3.63, 3.8) is 0 Å². The van der Waals surface area contributed by atoms with Crippen LogP contribution >= 0.6 is 23.5 Å². The van der Waals surface area contributed by atoms with Gasteiger partial charge in [0.25, 0.3) is 0 Å². The van der Waals surface area contributed by atoms with Crippen molar-refractivity contribution in [3.05, 3.63) is 35.9 Å². The topological polar surface area (TPSA) is 46.3 Å². The van der Waals surface area contributed by atoms with Crippen molar-refractivity contribution in [2.75, 3.05) is 6.26 Å². The first-order valence-corrected chi connectivity index (χ1v) is 8.49. The predicted molar refractivity (Wildman–Crippen MR) is 81.9 cm³/mol. The standard InChI is InChI=1S/C14H18N2OS2/c1-13(2)12(18-3)19-14(9-7-5-4-6-8-9)10(15)11(17)16(13)14/h4-8,10,12H,15H2,1-3H3/t10-,12+,14+/m0/s1. The first-order valence-electron chi connectivity index (χ1n) is 6.32. The molecule has 0 spiro atoms. The summed E-state index contributed by atoms with van der Waals surface area (Å²) >= 11 is 3.62. The molecular weight excluding hydrogens is 276 g/mol. The van der Waals surface area contributed by atoms with Gasteiger partial charge in [0.05, 0.1) is 10.1 Å². The van der Waals surface area contributed by atoms with Crippen LogP contribution in [0.2, 0.25) is 0 Å². The zero-order chi connectivity index (χ0) is 13.8. The fourth-order valence-electron chi connectivity index (χ4n) is 3.18. The van der Waals surface area contributed by atoms with Crippen LogP contribution in [0, 0.1) is 0 Å². The summed E-state index contributed by atoms with van der Waals surface area (Å²) in [7, 11) is 0. The van der Waals surface area contributed by atoms with Crippen LogP contribution in [-0.4, -0.2) is 33.2 Å². The monoisotopic (exact) mass is 294 g/mol. The quantitative estimate of drug-likeness (QED) is 0.850. The molecular formula is C14H18N2OS2. The molecule has 19 heavy (non-hydrogen) atoms. The highest BCUT2D eigenvalue weighted by Crippen LogP contribution is 2.64. The van der Waals surface area contributed by atoms with Crippen molar-refractivity contribution in [1.29, 1.82) is 0 Å². The van der Waals surface area contributed by atoms with Gasteiger partial charge >= 0.3 is 0 Å². The van der Waals surface area contributed by atoms with Crippen LogP contribution in [0.3, 0.4) is 0 Å². The summed E-state index contributed by atoms with van der Waals surface area (Å²) in [5, 5.41) is 0. The Morgan fingerprint density at radius 1 is 1.32 bits per heavy atom. The number of fused-ring (bicyclic) bond motifs is 1. The lowest BCUT2D eigenvalue weighted by Gasteiger charge is -2.55. The summed E-state index contributed by atoms with van der Waals surface area (Å²) in [5.41, 5.74) is 7.15. The number of β-lactam (4-membered cyclic amide) rings is 1. The Bertz CT molecular complexity index is 519. The van der Waals surface area contributed by atoms with Gasteiger partial charge in [-0.05, 0) is 25.7 Å². The average molecular weight is 294 g/mol. The molecule has 0 aromatic heterocycles. The van der Waals surface area contributed by atoms with Gasteiger partial charge in [-0.2, -0.15) is 0 Å². The lowest BCUT2D eigenvalue weighted by Crippen LogP contribution is -2.75. The zero-order valence-electron chi connectivity index (χ0n) is 11.3. The Hall–Kier alpha value is -0.650. The lowest BCUT2D eigenvalue weighted by atomic mass is 9.83. The normalized spacial score (nSPS) is 36.0. The molecule has 2 saturated heterocycles. The van der Waals surface area contributed by atoms with Gasteiger partial charge in [-0.25, -0.2) is 0 Å². The van der Waals surface area contributed by atoms with Crippen LogP contribution in [0.1, 0.15) is 19.4 Å². The first kappa shape index (κ1) is 13.3. The SMILES string of the molecule is CS[C@@H]1S[C@]2(c3ccccc3)[C@@H](N)C(=O)N2C1(C)C. The van der Waals surface area contributed by atoms with E-state index in [1.165, 1.54) is 0 Å². The van der Waals surface area contributed by atoms with Gasteiger partial charge in [-0.1, -0.05) is 30.3 Å². The largest absolute Gasteiger partial charge is 0.317 e. The van der Waals surface area contributed by atoms with Crippen molar-refractivity contribution >= 4 is 29.4 Å². The number of hydrogen-bond acceptors (Lipinski definition) is 4. The third-order valence-electron chi connectivity index (χ3n) is 4.08. The smallest absolute Gasteiger partial charge is 0.245 e. The number of carbonyl (C=O) groups excluding carboxylic acids is 1. The van der Waals surface area contributed by atoms with E-state index in [-0.39, 0.29) is 16.3 Å². The third-order valence-corrected chi connectivity index (χ3v) is 7.77. The summed E-state index contributed by atoms with van der Waals surface area (Å²) in [4.78, 5) is 13.9. The fraction of sp³-hybridized carbons (Fsp3) is 0.500. The van der Waals surface area contributed by atoms with Crippen LogP contribution in [-0.2, 0) is 9.67 Å². The first-order chi connectivity index (χ1) is 8.96. The van der Waals surface area contributed by atoms with Gasteiger partial charge in [0.2, 0.25) is 5.91 Å². The summed E-state index contributed by atoms with van der Waals surface area (Å²) < 4.78 is 0.338. The van der Waals surface area contributed by atoms with Crippen molar-refractivity contribution < 1.29 is 4.79 Å². The Balaban J connectivity index is 2.12. The summed E-state index contributed by atoms with van der Waals surface area (Å²) in [6.07, 6.45) is 2.10. The van der Waals surface area contributed by atoms with E-state index < -0.39 is 6.04 Å². The Morgan fingerprint density at radius 3 is 2.53 bits per heavy atom. The van der Waals surface area contributed by atoms with Crippen molar-refractivity contribution in [3.8, 4) is 0 Å². The highest BCUT2D eigenvalue weighted by Gasteiger charge is 2.71. The van der Waals surface area contributed by atoms with Crippen LogP contribution in [0.15, 0.2) is 30.3 Å². The number of carbonyl (C=O) groups is 1. The third kappa shape index (κ3) is 1.49. The second-order valence-electron chi connectivity index (χ2n) is 5.55. The maximum Gasteiger partial charge on any atom is 0.245 e. The predicted octanol–water partition coefficient (Wildman–Crippen LogP) is 2.22. The number of hydrogen-bond donors (Lipinski definition) is 1. The molecule has 0 radical (unpaired) electrons. The van der Waals surface area contributed by atoms with Crippen LogP contribution in [0.5, 0.6) is 0 Å². The molecule has 0 unspecified atom stereocenters. The average Bonchev–Trinajstić information content (AvgIpc) is 2.64. The number of nitrogens with two attached hydrogens (primary N) is 1. The van der Waals surface area contributed by atoms with Crippen molar-refractivity contribution in [1.82, 2.24) is 4.90 Å². The molecule has 2 fully saturated rings. The molecule has 3 atom stereocenters. The molecule has 1 aromatic carbocycles. The van der Waals surface area contributed by atoms with E-state index in [0.29, 0.717) is 4.58 Å². The van der Waals surface area contributed by atoms with E-state index in [2.05, 4.69) is 32.2 Å². The molecule has 0 aliphatic carbocycles. The van der Waals surface area contributed by atoms with E-state index >= 15 is 0 Å². The molecule has 3 nitrogen and oxygen atoms in total.